The van der Waals surface area contributed by atoms with Crippen molar-refractivity contribution in [2.75, 3.05) is 5.75 Å². The smallest absolute Gasteiger partial charge is 0.329 e. The number of nitrogens with zero attached hydrogens (tertiary/aromatic N) is 1. The Morgan fingerprint density at radius 3 is 2.33 bits per heavy atom. The molecule has 1 heterocycles. The minimum atomic E-state index is -0.747. The molecule has 0 aliphatic carbocycles. The Morgan fingerprint density at radius 1 is 1.42 bits per heavy atom. The number of hydrogen-bond acceptors (Lipinski definition) is 5. The van der Waals surface area contributed by atoms with Crippen LogP contribution in [0.25, 0.3) is 0 Å². The number of carbonyl (C=O) groups excluding carboxylic acids is 3. The molecule has 0 N–H and O–H groups in total. The summed E-state index contributed by atoms with van der Waals surface area (Å²) in [5, 5.41) is 0.387. The van der Waals surface area contributed by atoms with E-state index in [1.807, 2.05) is 0 Å². The lowest BCUT2D eigenvalue weighted by atomic mass is 10.6. The van der Waals surface area contributed by atoms with Crippen molar-refractivity contribution in [2.45, 2.75) is 0 Å². The molecule has 0 aromatic heterocycles. The molecule has 0 unspecified atom stereocenters. The number of carbonyl (C=O) groups is 3. The van der Waals surface area contributed by atoms with E-state index in [0.717, 1.165) is 12.2 Å². The molecule has 0 radical (unpaired) electrons. The standard InChI is InChI=1S/C6H5NO4S/c8-4-1-2-5(9)7(4)11-6(10)3-12/h1-2,12H,3H2. The molecule has 5 nitrogen and oxygen atoms in total. The van der Waals surface area contributed by atoms with Gasteiger partial charge in [0.25, 0.3) is 11.8 Å². The van der Waals surface area contributed by atoms with E-state index in [9.17, 15) is 14.4 Å². The number of hydroxylamine groups is 2. The summed E-state index contributed by atoms with van der Waals surface area (Å²) >= 11 is 3.60. The number of rotatable bonds is 2. The highest BCUT2D eigenvalue weighted by Crippen LogP contribution is 2.04. The second-order valence-corrected chi connectivity index (χ2v) is 2.24. The number of hydrogen-bond donors (Lipinski definition) is 1. The maximum atomic E-state index is 10.8. The van der Waals surface area contributed by atoms with E-state index in [2.05, 4.69) is 17.5 Å². The second-order valence-electron chi connectivity index (χ2n) is 1.93. The van der Waals surface area contributed by atoms with Gasteiger partial charge in [-0.05, 0) is 0 Å². The van der Waals surface area contributed by atoms with Crippen LogP contribution in [-0.2, 0) is 19.2 Å². The van der Waals surface area contributed by atoms with Gasteiger partial charge >= 0.3 is 5.97 Å². The Kier molecular flexibility index (Phi) is 2.49. The van der Waals surface area contributed by atoms with E-state index in [0.29, 0.717) is 5.06 Å². The van der Waals surface area contributed by atoms with Crippen LogP contribution in [0.1, 0.15) is 0 Å². The zero-order valence-electron chi connectivity index (χ0n) is 5.89. The Bertz CT molecular complexity index is 255. The Balaban J connectivity index is 2.59. The topological polar surface area (TPSA) is 63.7 Å². The molecule has 0 atom stereocenters. The van der Waals surface area contributed by atoms with Gasteiger partial charge in [-0.25, -0.2) is 4.79 Å². The van der Waals surface area contributed by atoms with Gasteiger partial charge in [0.05, 0.1) is 5.75 Å². The van der Waals surface area contributed by atoms with Crippen molar-refractivity contribution >= 4 is 30.4 Å². The highest BCUT2D eigenvalue weighted by atomic mass is 32.1. The van der Waals surface area contributed by atoms with E-state index in [4.69, 9.17) is 0 Å². The monoisotopic (exact) mass is 187 g/mol. The zero-order valence-corrected chi connectivity index (χ0v) is 6.78. The van der Waals surface area contributed by atoms with Gasteiger partial charge in [0.2, 0.25) is 0 Å². The van der Waals surface area contributed by atoms with Crippen LogP contribution in [0.15, 0.2) is 12.2 Å². The fourth-order valence-corrected chi connectivity index (χ4v) is 0.665. The highest BCUT2D eigenvalue weighted by Gasteiger charge is 2.27. The predicted octanol–water partition coefficient (Wildman–Crippen LogP) is -0.701. The van der Waals surface area contributed by atoms with Gasteiger partial charge < -0.3 is 4.84 Å². The fourth-order valence-electron chi connectivity index (χ4n) is 0.607. The number of amides is 2. The Hall–Kier alpha value is -1.30. The third-order valence-electron chi connectivity index (χ3n) is 1.09. The molecule has 0 bridgehead atoms. The molecule has 1 rings (SSSR count). The molecule has 0 aromatic rings. The maximum Gasteiger partial charge on any atom is 0.342 e. The summed E-state index contributed by atoms with van der Waals surface area (Å²) < 4.78 is 0. The molecule has 2 amide bonds. The van der Waals surface area contributed by atoms with E-state index in [1.54, 1.807) is 0 Å². The summed E-state index contributed by atoms with van der Waals surface area (Å²) in [6.45, 7) is 0. The molecule has 0 saturated carbocycles. The van der Waals surface area contributed by atoms with E-state index in [1.165, 1.54) is 0 Å². The molecule has 0 fully saturated rings. The summed E-state index contributed by atoms with van der Waals surface area (Å²) in [7, 11) is 0. The number of thiol groups is 1. The van der Waals surface area contributed by atoms with Crippen molar-refractivity contribution in [2.24, 2.45) is 0 Å². The van der Waals surface area contributed by atoms with Crippen molar-refractivity contribution in [3.8, 4) is 0 Å². The minimum absolute atomic E-state index is 0.183. The first-order chi connectivity index (χ1) is 5.65. The fraction of sp³-hybridized carbons (Fsp3) is 0.167. The lowest BCUT2D eigenvalue weighted by Gasteiger charge is -2.10. The first kappa shape index (κ1) is 8.79. The normalized spacial score (nSPS) is 15.6. The average Bonchev–Trinajstić information content (AvgIpc) is 2.35. The lowest BCUT2D eigenvalue weighted by molar-refractivity contribution is -0.194. The Labute approximate surface area is 73.3 Å². The molecule has 0 aromatic carbocycles. The quantitative estimate of drug-likeness (QED) is 0.458. The Morgan fingerprint density at radius 2 is 1.92 bits per heavy atom. The van der Waals surface area contributed by atoms with Gasteiger partial charge in [-0.15, -0.1) is 0 Å². The highest BCUT2D eigenvalue weighted by molar-refractivity contribution is 7.81. The van der Waals surface area contributed by atoms with Gasteiger partial charge in [0.15, 0.2) is 0 Å². The van der Waals surface area contributed by atoms with E-state index < -0.39 is 17.8 Å². The van der Waals surface area contributed by atoms with Crippen molar-refractivity contribution < 1.29 is 19.2 Å². The molecular weight excluding hydrogens is 182 g/mol. The van der Waals surface area contributed by atoms with Gasteiger partial charge in [-0.2, -0.15) is 12.6 Å². The van der Waals surface area contributed by atoms with Crippen LogP contribution in [0.5, 0.6) is 0 Å². The summed E-state index contributed by atoms with van der Waals surface area (Å²) in [4.78, 5) is 36.4. The third kappa shape index (κ3) is 1.65. The van der Waals surface area contributed by atoms with Gasteiger partial charge in [-0.3, -0.25) is 9.59 Å². The second kappa shape index (κ2) is 3.40. The molecule has 1 aliphatic rings. The van der Waals surface area contributed by atoms with E-state index in [-0.39, 0.29) is 5.75 Å². The van der Waals surface area contributed by atoms with Crippen molar-refractivity contribution in [3.63, 3.8) is 0 Å². The van der Waals surface area contributed by atoms with Gasteiger partial charge in [0.1, 0.15) is 0 Å². The predicted molar refractivity (Wildman–Crippen MR) is 40.9 cm³/mol. The first-order valence-corrected chi connectivity index (χ1v) is 3.66. The minimum Gasteiger partial charge on any atom is -0.329 e. The molecule has 0 saturated heterocycles. The summed E-state index contributed by atoms with van der Waals surface area (Å²) in [6, 6.07) is 0. The summed E-state index contributed by atoms with van der Waals surface area (Å²) in [5.74, 6) is -2.24. The van der Waals surface area contributed by atoms with Crippen molar-refractivity contribution in [1.82, 2.24) is 5.06 Å². The van der Waals surface area contributed by atoms with Crippen molar-refractivity contribution in [1.29, 1.82) is 0 Å². The lowest BCUT2D eigenvalue weighted by Crippen LogP contribution is -2.33. The maximum absolute atomic E-state index is 10.8. The van der Waals surface area contributed by atoms with Gasteiger partial charge in [-0.1, -0.05) is 5.06 Å². The average molecular weight is 187 g/mol. The van der Waals surface area contributed by atoms with E-state index >= 15 is 0 Å². The molecule has 6 heteroatoms. The summed E-state index contributed by atoms with van der Waals surface area (Å²) in [5.41, 5.74) is 0. The third-order valence-corrected chi connectivity index (χ3v) is 1.35. The SMILES string of the molecule is O=C(CS)ON1C(=O)C=CC1=O. The zero-order chi connectivity index (χ0) is 9.14. The van der Waals surface area contributed by atoms with Gasteiger partial charge in [0, 0.05) is 12.2 Å². The van der Waals surface area contributed by atoms with Crippen molar-refractivity contribution in [3.05, 3.63) is 12.2 Å². The molecule has 64 valence electrons. The molecule has 1 aliphatic heterocycles. The van der Waals surface area contributed by atoms with Crippen LogP contribution in [0, 0.1) is 0 Å². The van der Waals surface area contributed by atoms with Crippen LogP contribution in [0.2, 0.25) is 0 Å². The molecular formula is C6H5NO4S. The van der Waals surface area contributed by atoms with Crippen LogP contribution < -0.4 is 0 Å². The largest absolute Gasteiger partial charge is 0.342 e. The number of imide groups is 1. The first-order valence-electron chi connectivity index (χ1n) is 3.03. The van der Waals surface area contributed by atoms with Crippen LogP contribution in [-0.4, -0.2) is 28.6 Å². The van der Waals surface area contributed by atoms with Crippen LogP contribution in [0.4, 0.5) is 0 Å². The summed E-state index contributed by atoms with van der Waals surface area (Å²) in [6.07, 6.45) is 2.04. The molecule has 0 spiro atoms. The van der Waals surface area contributed by atoms with Crippen LogP contribution >= 0.6 is 12.6 Å². The van der Waals surface area contributed by atoms with Crippen LogP contribution in [0.3, 0.4) is 0 Å². The molecule has 12 heavy (non-hydrogen) atoms.